The number of carbonyl (C=O) groups is 2. The van der Waals surface area contributed by atoms with Crippen molar-refractivity contribution in [3.8, 4) is 5.75 Å². The average Bonchev–Trinajstić information content (AvgIpc) is 2.30. The van der Waals surface area contributed by atoms with Crippen LogP contribution in [-0.2, 0) is 4.79 Å². The molecule has 0 spiro atoms. The molecule has 0 aliphatic heterocycles. The first-order chi connectivity index (χ1) is 8.06. The topological polar surface area (TPSA) is 75.6 Å². The highest BCUT2D eigenvalue weighted by Gasteiger charge is 2.14. The normalized spacial score (nSPS) is 9.76. The molecular weight excluding hydrogens is 290 g/mol. The summed E-state index contributed by atoms with van der Waals surface area (Å²) in [5.74, 6) is -0.987. The van der Waals surface area contributed by atoms with Crippen molar-refractivity contribution in [2.45, 2.75) is 6.42 Å². The van der Waals surface area contributed by atoms with Gasteiger partial charge in [-0.2, -0.15) is 0 Å². The fourth-order valence-corrected chi connectivity index (χ4v) is 1.68. The van der Waals surface area contributed by atoms with Crippen LogP contribution in [0.15, 0.2) is 22.7 Å². The third-order valence-corrected chi connectivity index (χ3v) is 2.68. The number of hydrogen-bond donors (Lipinski definition) is 2. The smallest absolute Gasteiger partial charge is 0.339 e. The molecule has 1 amide bonds. The Morgan fingerprint density at radius 2 is 2.18 bits per heavy atom. The Bertz CT molecular complexity index is 433. The number of ether oxygens (including phenoxy) is 1. The summed E-state index contributed by atoms with van der Waals surface area (Å²) in [5, 5.41) is 11.4. The molecule has 0 bridgehead atoms. The number of amides is 1. The summed E-state index contributed by atoms with van der Waals surface area (Å²) >= 11 is 3.21. The molecule has 0 radical (unpaired) electrons. The van der Waals surface area contributed by atoms with E-state index in [2.05, 4.69) is 21.2 Å². The molecule has 0 aliphatic rings. The number of nitrogens with one attached hydrogen (secondary N) is 1. The van der Waals surface area contributed by atoms with E-state index in [4.69, 9.17) is 9.84 Å². The predicted octanol–water partition coefficient (Wildman–Crippen LogP) is 1.66. The third kappa shape index (κ3) is 3.74. The zero-order valence-electron chi connectivity index (χ0n) is 9.20. The molecule has 2 N–H and O–H groups in total. The second-order valence-corrected chi connectivity index (χ2v) is 4.05. The summed E-state index contributed by atoms with van der Waals surface area (Å²) in [7, 11) is 1.53. The standard InChI is InChI=1S/C11H12BrNO4/c1-13-9(14)5-6-17-10-7(11(15)16)3-2-4-8(10)12/h2-4H,5-6H2,1H3,(H,13,14)(H,15,16). The van der Waals surface area contributed by atoms with E-state index in [9.17, 15) is 9.59 Å². The molecule has 1 aromatic rings. The highest BCUT2D eigenvalue weighted by Crippen LogP contribution is 2.29. The van der Waals surface area contributed by atoms with Gasteiger partial charge in [0.15, 0.2) is 0 Å². The molecule has 92 valence electrons. The van der Waals surface area contributed by atoms with E-state index in [0.29, 0.717) is 4.47 Å². The van der Waals surface area contributed by atoms with Gasteiger partial charge in [-0.3, -0.25) is 4.79 Å². The van der Waals surface area contributed by atoms with E-state index in [0.717, 1.165) is 0 Å². The third-order valence-electron chi connectivity index (χ3n) is 2.05. The molecule has 0 fully saturated rings. The Kier molecular flexibility index (Phi) is 4.96. The summed E-state index contributed by atoms with van der Waals surface area (Å²) in [4.78, 5) is 21.9. The lowest BCUT2D eigenvalue weighted by Gasteiger charge is -2.10. The van der Waals surface area contributed by atoms with Gasteiger partial charge in [0.05, 0.1) is 17.5 Å². The average molecular weight is 302 g/mol. The van der Waals surface area contributed by atoms with Crippen LogP contribution < -0.4 is 10.1 Å². The number of halogens is 1. The van der Waals surface area contributed by atoms with Crippen LogP contribution in [0.1, 0.15) is 16.8 Å². The quantitative estimate of drug-likeness (QED) is 0.867. The maximum atomic E-state index is 11.0. The first-order valence-electron chi connectivity index (χ1n) is 4.91. The first kappa shape index (κ1) is 13.5. The number of aromatic carboxylic acids is 1. The molecule has 0 aliphatic carbocycles. The Hall–Kier alpha value is -1.56. The molecular formula is C11H12BrNO4. The van der Waals surface area contributed by atoms with Crippen LogP contribution in [0.3, 0.4) is 0 Å². The molecule has 0 unspecified atom stereocenters. The van der Waals surface area contributed by atoms with Crippen LogP contribution in [0.4, 0.5) is 0 Å². The molecule has 17 heavy (non-hydrogen) atoms. The minimum absolute atomic E-state index is 0.0660. The van der Waals surface area contributed by atoms with E-state index in [1.165, 1.54) is 13.1 Å². The number of carbonyl (C=O) groups excluding carboxylic acids is 1. The van der Waals surface area contributed by atoms with E-state index in [1.54, 1.807) is 12.1 Å². The molecule has 0 atom stereocenters. The molecule has 6 heteroatoms. The summed E-state index contributed by atoms with van der Waals surface area (Å²) in [6.45, 7) is 0.128. The Morgan fingerprint density at radius 3 is 2.76 bits per heavy atom. The van der Waals surface area contributed by atoms with E-state index >= 15 is 0 Å². The van der Waals surface area contributed by atoms with Crippen LogP contribution in [0.5, 0.6) is 5.75 Å². The highest BCUT2D eigenvalue weighted by atomic mass is 79.9. The largest absolute Gasteiger partial charge is 0.491 e. The van der Waals surface area contributed by atoms with Crippen molar-refractivity contribution in [2.75, 3.05) is 13.7 Å². The van der Waals surface area contributed by atoms with Gasteiger partial charge in [0.2, 0.25) is 5.91 Å². The highest BCUT2D eigenvalue weighted by molar-refractivity contribution is 9.10. The number of rotatable bonds is 5. The summed E-state index contributed by atoms with van der Waals surface area (Å²) in [6, 6.07) is 4.74. The molecule has 1 rings (SSSR count). The number of carboxylic acids is 1. The van der Waals surface area contributed by atoms with Gasteiger partial charge in [-0.05, 0) is 28.1 Å². The lowest BCUT2D eigenvalue weighted by molar-refractivity contribution is -0.121. The zero-order chi connectivity index (χ0) is 12.8. The van der Waals surface area contributed by atoms with Crippen molar-refractivity contribution in [2.24, 2.45) is 0 Å². The molecule has 1 aromatic carbocycles. The summed E-state index contributed by atoms with van der Waals surface area (Å²) in [6.07, 6.45) is 0.177. The van der Waals surface area contributed by atoms with Crippen LogP contribution in [0, 0.1) is 0 Å². The second kappa shape index (κ2) is 6.24. The van der Waals surface area contributed by atoms with Crippen molar-refractivity contribution < 1.29 is 19.4 Å². The maximum Gasteiger partial charge on any atom is 0.339 e. The molecule has 0 heterocycles. The predicted molar refractivity (Wildman–Crippen MR) is 65.3 cm³/mol. The van der Waals surface area contributed by atoms with Gasteiger partial charge in [-0.1, -0.05) is 6.07 Å². The van der Waals surface area contributed by atoms with Gasteiger partial charge in [0, 0.05) is 7.05 Å². The maximum absolute atomic E-state index is 11.0. The van der Waals surface area contributed by atoms with E-state index in [1.807, 2.05) is 0 Å². The number of benzene rings is 1. The summed E-state index contributed by atoms with van der Waals surface area (Å²) < 4.78 is 5.86. The fraction of sp³-hybridized carbons (Fsp3) is 0.273. The monoisotopic (exact) mass is 301 g/mol. The summed E-state index contributed by atoms with van der Waals surface area (Å²) in [5.41, 5.74) is 0.0660. The van der Waals surface area contributed by atoms with E-state index < -0.39 is 5.97 Å². The zero-order valence-corrected chi connectivity index (χ0v) is 10.8. The first-order valence-corrected chi connectivity index (χ1v) is 5.70. The minimum Gasteiger partial charge on any atom is -0.491 e. The Labute approximate surface area is 107 Å². The number of para-hydroxylation sites is 1. The lowest BCUT2D eigenvalue weighted by Crippen LogP contribution is -2.20. The molecule has 0 saturated heterocycles. The van der Waals surface area contributed by atoms with Crippen LogP contribution in [0.2, 0.25) is 0 Å². The van der Waals surface area contributed by atoms with Crippen molar-refractivity contribution in [1.29, 1.82) is 0 Å². The van der Waals surface area contributed by atoms with Crippen molar-refractivity contribution in [3.63, 3.8) is 0 Å². The number of carboxylic acid groups (broad SMARTS) is 1. The van der Waals surface area contributed by atoms with Gasteiger partial charge in [-0.15, -0.1) is 0 Å². The molecule has 0 saturated carbocycles. The Morgan fingerprint density at radius 1 is 1.47 bits per heavy atom. The van der Waals surface area contributed by atoms with Gasteiger partial charge >= 0.3 is 5.97 Å². The van der Waals surface area contributed by atoms with Crippen molar-refractivity contribution in [3.05, 3.63) is 28.2 Å². The van der Waals surface area contributed by atoms with Crippen molar-refractivity contribution in [1.82, 2.24) is 5.32 Å². The van der Waals surface area contributed by atoms with Crippen molar-refractivity contribution >= 4 is 27.8 Å². The SMILES string of the molecule is CNC(=O)CCOc1c(Br)cccc1C(=O)O. The van der Waals surface area contributed by atoms with Crippen LogP contribution >= 0.6 is 15.9 Å². The second-order valence-electron chi connectivity index (χ2n) is 3.19. The lowest BCUT2D eigenvalue weighted by atomic mass is 10.2. The molecule has 5 nitrogen and oxygen atoms in total. The Balaban J connectivity index is 2.76. The van der Waals surface area contributed by atoms with Crippen LogP contribution in [0.25, 0.3) is 0 Å². The molecule has 0 aromatic heterocycles. The number of hydrogen-bond acceptors (Lipinski definition) is 3. The van der Waals surface area contributed by atoms with E-state index in [-0.39, 0.29) is 30.2 Å². The van der Waals surface area contributed by atoms with Gasteiger partial charge < -0.3 is 15.2 Å². The van der Waals surface area contributed by atoms with Gasteiger partial charge in [0.1, 0.15) is 11.3 Å². The van der Waals surface area contributed by atoms with Gasteiger partial charge in [0.25, 0.3) is 0 Å². The minimum atomic E-state index is -1.07. The van der Waals surface area contributed by atoms with Gasteiger partial charge in [-0.25, -0.2) is 4.79 Å². The van der Waals surface area contributed by atoms with Crippen LogP contribution in [-0.4, -0.2) is 30.6 Å². The fourth-order valence-electron chi connectivity index (χ4n) is 1.19.